The first-order valence-corrected chi connectivity index (χ1v) is 9.34. The summed E-state index contributed by atoms with van der Waals surface area (Å²) in [5.74, 6) is 1.84. The van der Waals surface area contributed by atoms with Gasteiger partial charge in [0.25, 0.3) is 5.91 Å². The summed E-state index contributed by atoms with van der Waals surface area (Å²) in [6, 6.07) is 18.3. The van der Waals surface area contributed by atoms with E-state index < -0.39 is 0 Å². The lowest BCUT2D eigenvalue weighted by atomic mass is 9.89. The fraction of sp³-hybridized carbons (Fsp3) is 0.409. The van der Waals surface area contributed by atoms with Crippen molar-refractivity contribution in [3.05, 3.63) is 65.7 Å². The molecule has 0 unspecified atom stereocenters. The minimum Gasteiger partial charge on any atom is -0.484 e. The van der Waals surface area contributed by atoms with Crippen molar-refractivity contribution in [3.8, 4) is 5.75 Å². The van der Waals surface area contributed by atoms with Crippen LogP contribution in [-0.4, -0.2) is 37.0 Å². The Kier molecular flexibility index (Phi) is 5.94. The molecule has 1 fully saturated rings. The third kappa shape index (κ3) is 4.25. The Balaban J connectivity index is 1.58. The van der Waals surface area contributed by atoms with Crippen LogP contribution in [0.1, 0.15) is 36.8 Å². The van der Waals surface area contributed by atoms with Gasteiger partial charge in [-0.15, -0.1) is 0 Å². The first-order chi connectivity index (χ1) is 12.6. The van der Waals surface area contributed by atoms with Gasteiger partial charge in [-0.25, -0.2) is 0 Å². The molecule has 1 aliphatic rings. The van der Waals surface area contributed by atoms with Gasteiger partial charge in [-0.2, -0.15) is 0 Å². The zero-order valence-corrected chi connectivity index (χ0v) is 15.6. The predicted octanol–water partition coefficient (Wildman–Crippen LogP) is 3.39. The molecule has 1 aliphatic heterocycles. The summed E-state index contributed by atoms with van der Waals surface area (Å²) in [7, 11) is 0. The number of carbonyl (C=O) groups excluding carboxylic acids is 1. The van der Waals surface area contributed by atoms with Crippen LogP contribution in [0.2, 0.25) is 0 Å². The zero-order chi connectivity index (χ0) is 18.5. The summed E-state index contributed by atoms with van der Waals surface area (Å²) < 4.78 is 5.70. The molecular weight excluding hydrogens is 324 g/mol. The summed E-state index contributed by atoms with van der Waals surface area (Å²) >= 11 is 0. The Bertz CT molecular complexity index is 713. The van der Waals surface area contributed by atoms with Crippen molar-refractivity contribution < 1.29 is 9.53 Å². The lowest BCUT2D eigenvalue weighted by Crippen LogP contribution is -2.33. The van der Waals surface area contributed by atoms with Crippen molar-refractivity contribution in [2.45, 2.75) is 25.7 Å². The predicted molar refractivity (Wildman–Crippen MR) is 104 cm³/mol. The van der Waals surface area contributed by atoms with Gasteiger partial charge in [0.2, 0.25) is 0 Å². The Labute approximate surface area is 156 Å². The van der Waals surface area contributed by atoms with Crippen LogP contribution in [0, 0.1) is 5.92 Å². The minimum atomic E-state index is 0.0230. The van der Waals surface area contributed by atoms with Crippen molar-refractivity contribution in [2.24, 2.45) is 11.7 Å². The second kappa shape index (κ2) is 8.37. The smallest absolute Gasteiger partial charge is 0.260 e. The van der Waals surface area contributed by atoms with Crippen LogP contribution in [0.3, 0.4) is 0 Å². The molecule has 0 spiro atoms. The van der Waals surface area contributed by atoms with E-state index in [4.69, 9.17) is 10.5 Å². The van der Waals surface area contributed by atoms with Crippen LogP contribution in [-0.2, 0) is 4.79 Å². The van der Waals surface area contributed by atoms with Crippen LogP contribution in [0.25, 0.3) is 0 Å². The number of amides is 1. The number of hydrogen-bond donors (Lipinski definition) is 1. The number of carbonyl (C=O) groups is 1. The summed E-state index contributed by atoms with van der Waals surface area (Å²) in [6.07, 6.45) is 0. The highest BCUT2D eigenvalue weighted by molar-refractivity contribution is 5.78. The Morgan fingerprint density at radius 1 is 1.12 bits per heavy atom. The van der Waals surface area contributed by atoms with Crippen LogP contribution >= 0.6 is 0 Å². The van der Waals surface area contributed by atoms with Gasteiger partial charge in [0, 0.05) is 19.0 Å². The van der Waals surface area contributed by atoms with Gasteiger partial charge >= 0.3 is 0 Å². The van der Waals surface area contributed by atoms with E-state index >= 15 is 0 Å². The maximum atomic E-state index is 12.6. The first kappa shape index (κ1) is 18.5. The second-order valence-corrected chi connectivity index (χ2v) is 7.32. The van der Waals surface area contributed by atoms with Crippen LogP contribution in [0.4, 0.5) is 0 Å². The minimum absolute atomic E-state index is 0.0230. The van der Waals surface area contributed by atoms with Crippen LogP contribution in [0.5, 0.6) is 5.75 Å². The summed E-state index contributed by atoms with van der Waals surface area (Å²) in [4.78, 5) is 14.5. The fourth-order valence-electron chi connectivity index (χ4n) is 3.58. The summed E-state index contributed by atoms with van der Waals surface area (Å²) in [6.45, 7) is 6.37. The average Bonchev–Trinajstić information content (AvgIpc) is 3.11. The summed E-state index contributed by atoms with van der Waals surface area (Å²) in [5.41, 5.74) is 8.48. The van der Waals surface area contributed by atoms with E-state index in [0.717, 1.165) is 5.75 Å². The normalized spacial score (nSPS) is 19.8. The maximum absolute atomic E-state index is 12.6. The van der Waals surface area contributed by atoms with E-state index in [2.05, 4.69) is 38.1 Å². The molecule has 2 N–H and O–H groups in total. The van der Waals surface area contributed by atoms with Crippen LogP contribution in [0.15, 0.2) is 54.6 Å². The highest BCUT2D eigenvalue weighted by Gasteiger charge is 2.35. The lowest BCUT2D eigenvalue weighted by molar-refractivity contribution is -0.132. The average molecular weight is 352 g/mol. The molecule has 1 heterocycles. The van der Waals surface area contributed by atoms with E-state index in [1.165, 1.54) is 11.1 Å². The molecule has 2 aromatic rings. The fourth-order valence-corrected chi connectivity index (χ4v) is 3.58. The van der Waals surface area contributed by atoms with Gasteiger partial charge in [-0.1, -0.05) is 56.3 Å². The molecule has 2 atom stereocenters. The van der Waals surface area contributed by atoms with Crippen molar-refractivity contribution >= 4 is 5.91 Å². The third-order valence-corrected chi connectivity index (χ3v) is 5.23. The number of nitrogens with zero attached hydrogens (tertiary/aromatic N) is 1. The molecule has 0 radical (unpaired) electrons. The molecule has 0 aromatic heterocycles. The molecular formula is C22H28N2O2. The van der Waals surface area contributed by atoms with Gasteiger partial charge < -0.3 is 15.4 Å². The molecule has 1 amide bonds. The number of hydrogen-bond acceptors (Lipinski definition) is 3. The molecule has 3 rings (SSSR count). The lowest BCUT2D eigenvalue weighted by Gasteiger charge is -2.17. The molecule has 138 valence electrons. The topological polar surface area (TPSA) is 55.6 Å². The second-order valence-electron chi connectivity index (χ2n) is 7.32. The standard InChI is InChI=1S/C22H28N2O2/c1-16(2)17-8-10-20(11-9-17)26-15-22(25)24-13-19(12-23)21(14-24)18-6-4-3-5-7-18/h3-11,16,19,21H,12-15,23H2,1-2H3/t19-,21+/m1/s1. The molecule has 4 nitrogen and oxygen atoms in total. The third-order valence-electron chi connectivity index (χ3n) is 5.23. The van der Waals surface area contributed by atoms with Crippen molar-refractivity contribution in [1.29, 1.82) is 0 Å². The van der Waals surface area contributed by atoms with Crippen molar-refractivity contribution in [1.82, 2.24) is 4.90 Å². The molecule has 0 aliphatic carbocycles. The van der Waals surface area contributed by atoms with Gasteiger partial charge in [0.05, 0.1) is 0 Å². The Morgan fingerprint density at radius 2 is 1.81 bits per heavy atom. The van der Waals surface area contributed by atoms with Crippen LogP contribution < -0.4 is 10.5 Å². The van der Waals surface area contributed by atoms with E-state index in [9.17, 15) is 4.79 Å². The van der Waals surface area contributed by atoms with Crippen molar-refractivity contribution in [2.75, 3.05) is 26.2 Å². The van der Waals surface area contributed by atoms with E-state index in [1.54, 1.807) is 0 Å². The van der Waals surface area contributed by atoms with Gasteiger partial charge in [-0.3, -0.25) is 4.79 Å². The molecule has 26 heavy (non-hydrogen) atoms. The highest BCUT2D eigenvalue weighted by Crippen LogP contribution is 2.32. The molecule has 1 saturated heterocycles. The molecule has 4 heteroatoms. The molecule has 2 aromatic carbocycles. The molecule has 0 bridgehead atoms. The quantitative estimate of drug-likeness (QED) is 0.867. The number of likely N-dealkylation sites (tertiary alicyclic amines) is 1. The highest BCUT2D eigenvalue weighted by atomic mass is 16.5. The number of benzene rings is 2. The van der Waals surface area contributed by atoms with E-state index in [1.807, 2.05) is 35.2 Å². The first-order valence-electron chi connectivity index (χ1n) is 9.34. The Morgan fingerprint density at radius 3 is 2.42 bits per heavy atom. The van der Waals surface area contributed by atoms with E-state index in [-0.39, 0.29) is 12.5 Å². The Hall–Kier alpha value is -2.33. The number of rotatable bonds is 6. The largest absolute Gasteiger partial charge is 0.484 e. The van der Waals surface area contributed by atoms with Gasteiger partial charge in [0.15, 0.2) is 6.61 Å². The monoisotopic (exact) mass is 352 g/mol. The number of nitrogens with two attached hydrogens (primary N) is 1. The zero-order valence-electron chi connectivity index (χ0n) is 15.6. The van der Waals surface area contributed by atoms with Gasteiger partial charge in [-0.05, 0) is 41.6 Å². The summed E-state index contributed by atoms with van der Waals surface area (Å²) in [5, 5.41) is 0. The van der Waals surface area contributed by atoms with Gasteiger partial charge in [0.1, 0.15) is 5.75 Å². The van der Waals surface area contributed by atoms with E-state index in [0.29, 0.717) is 37.4 Å². The SMILES string of the molecule is CC(C)c1ccc(OCC(=O)N2C[C@@H](CN)[C@H](c3ccccc3)C2)cc1. The van der Waals surface area contributed by atoms with Crippen molar-refractivity contribution in [3.63, 3.8) is 0 Å². The number of ether oxygens (including phenoxy) is 1. The maximum Gasteiger partial charge on any atom is 0.260 e. The molecule has 0 saturated carbocycles.